The van der Waals surface area contributed by atoms with Gasteiger partial charge in [-0.3, -0.25) is 0 Å². The zero-order chi connectivity index (χ0) is 39.9. The first-order valence-electron chi connectivity index (χ1n) is 20.8. The molecule has 0 atom stereocenters. The number of nitrogens with zero attached hydrogens (tertiary/aromatic N) is 1. The minimum atomic E-state index is -0.494. The SMILES string of the molecule is c1ccc(-c2ccc(-c3ccc(N(c4ccc(-c5ccc6ccccc6c5)cc4)c4cccc5c4-c4ccccc4C5(c4ccccc4)c4ccccc4)cc3)cc2)cc1. The third-order valence-corrected chi connectivity index (χ3v) is 12.4. The van der Waals surface area contributed by atoms with Crippen molar-refractivity contribution in [2.24, 2.45) is 0 Å². The molecule has 0 heterocycles. The van der Waals surface area contributed by atoms with Crippen molar-refractivity contribution in [3.8, 4) is 44.5 Å². The van der Waals surface area contributed by atoms with Crippen LogP contribution >= 0.6 is 0 Å². The number of fused-ring (bicyclic) bond motifs is 4. The van der Waals surface area contributed by atoms with Crippen LogP contribution in [0, 0.1) is 0 Å². The van der Waals surface area contributed by atoms with Gasteiger partial charge in [0.05, 0.1) is 11.1 Å². The lowest BCUT2D eigenvalue weighted by molar-refractivity contribution is 0.768. The van der Waals surface area contributed by atoms with Gasteiger partial charge in [0.15, 0.2) is 0 Å². The van der Waals surface area contributed by atoms with Crippen LogP contribution in [0.15, 0.2) is 249 Å². The van der Waals surface area contributed by atoms with Gasteiger partial charge in [0.2, 0.25) is 0 Å². The first kappa shape index (κ1) is 35.4. The maximum atomic E-state index is 2.45. The first-order chi connectivity index (χ1) is 29.8. The second-order valence-electron chi connectivity index (χ2n) is 15.7. The first-order valence-corrected chi connectivity index (χ1v) is 20.8. The van der Waals surface area contributed by atoms with Crippen LogP contribution in [0.2, 0.25) is 0 Å². The molecular formula is C59H41N. The van der Waals surface area contributed by atoms with Gasteiger partial charge in [0.1, 0.15) is 0 Å². The quantitative estimate of drug-likeness (QED) is 0.149. The third-order valence-electron chi connectivity index (χ3n) is 12.4. The molecule has 0 spiro atoms. The summed E-state index contributed by atoms with van der Waals surface area (Å²) in [5.41, 5.74) is 17.7. The molecule has 1 nitrogen and oxygen atoms in total. The van der Waals surface area contributed by atoms with Crippen LogP contribution in [0.3, 0.4) is 0 Å². The summed E-state index contributed by atoms with van der Waals surface area (Å²) in [5.74, 6) is 0. The summed E-state index contributed by atoms with van der Waals surface area (Å²) in [5, 5.41) is 2.49. The minimum Gasteiger partial charge on any atom is -0.310 e. The largest absolute Gasteiger partial charge is 0.310 e. The van der Waals surface area contributed by atoms with Crippen molar-refractivity contribution in [2.45, 2.75) is 5.41 Å². The number of anilines is 3. The molecule has 0 aromatic heterocycles. The monoisotopic (exact) mass is 763 g/mol. The van der Waals surface area contributed by atoms with E-state index < -0.39 is 5.41 Å². The molecular weight excluding hydrogens is 723 g/mol. The van der Waals surface area contributed by atoms with E-state index in [1.165, 1.54) is 77.5 Å². The normalized spacial score (nSPS) is 12.5. The zero-order valence-electron chi connectivity index (χ0n) is 33.1. The molecule has 0 saturated heterocycles. The zero-order valence-corrected chi connectivity index (χ0v) is 33.1. The number of hydrogen-bond acceptors (Lipinski definition) is 1. The Bertz CT molecular complexity index is 3060. The molecule has 0 N–H and O–H groups in total. The smallest absolute Gasteiger partial charge is 0.0714 e. The Morgan fingerprint density at radius 3 is 1.32 bits per heavy atom. The highest BCUT2D eigenvalue weighted by atomic mass is 15.1. The predicted octanol–water partition coefficient (Wildman–Crippen LogP) is 15.7. The van der Waals surface area contributed by atoms with Crippen molar-refractivity contribution in [1.29, 1.82) is 0 Å². The minimum absolute atomic E-state index is 0.494. The molecule has 0 aliphatic heterocycles. The standard InChI is InChI=1S/C59H41N/c1-4-15-42(16-5-1)44-27-29-45(30-28-44)46-33-37-52(38-34-46)60(53-39-35-47(36-40-53)49-32-31-43-17-10-11-18-48(43)41-49)57-26-14-25-56-58(57)54-23-12-13-24-55(54)59(56,50-19-6-2-7-20-50)51-21-8-3-9-22-51/h1-41H. The molecule has 1 aliphatic rings. The van der Waals surface area contributed by atoms with Gasteiger partial charge in [0.25, 0.3) is 0 Å². The average Bonchev–Trinajstić information content (AvgIpc) is 3.64. The summed E-state index contributed by atoms with van der Waals surface area (Å²) in [7, 11) is 0. The van der Waals surface area contributed by atoms with Crippen molar-refractivity contribution < 1.29 is 0 Å². The van der Waals surface area contributed by atoms with E-state index in [1.54, 1.807) is 0 Å². The Kier molecular flexibility index (Phi) is 8.79. The van der Waals surface area contributed by atoms with Gasteiger partial charge in [-0.1, -0.05) is 212 Å². The highest BCUT2D eigenvalue weighted by molar-refractivity contribution is 5.98. The van der Waals surface area contributed by atoms with E-state index in [4.69, 9.17) is 0 Å². The van der Waals surface area contributed by atoms with Crippen LogP contribution in [-0.2, 0) is 5.41 Å². The maximum Gasteiger partial charge on any atom is 0.0714 e. The molecule has 0 unspecified atom stereocenters. The van der Waals surface area contributed by atoms with E-state index in [-0.39, 0.29) is 0 Å². The van der Waals surface area contributed by atoms with Gasteiger partial charge in [-0.25, -0.2) is 0 Å². The molecule has 282 valence electrons. The van der Waals surface area contributed by atoms with Crippen LogP contribution in [-0.4, -0.2) is 0 Å². The maximum absolute atomic E-state index is 2.45. The molecule has 10 aromatic carbocycles. The highest BCUT2D eigenvalue weighted by Crippen LogP contribution is 2.59. The molecule has 1 aliphatic carbocycles. The lowest BCUT2D eigenvalue weighted by atomic mass is 9.68. The fourth-order valence-corrected chi connectivity index (χ4v) is 9.55. The fraction of sp³-hybridized carbons (Fsp3) is 0.0169. The molecule has 60 heavy (non-hydrogen) atoms. The van der Waals surface area contributed by atoms with Crippen molar-refractivity contribution in [3.63, 3.8) is 0 Å². The van der Waals surface area contributed by atoms with Crippen molar-refractivity contribution in [1.82, 2.24) is 0 Å². The summed E-state index contributed by atoms with van der Waals surface area (Å²) in [6.07, 6.45) is 0. The second-order valence-corrected chi connectivity index (χ2v) is 15.7. The van der Waals surface area contributed by atoms with Gasteiger partial charge in [-0.15, -0.1) is 0 Å². The van der Waals surface area contributed by atoms with E-state index in [0.717, 1.165) is 17.1 Å². The van der Waals surface area contributed by atoms with Gasteiger partial charge in [-0.05, 0) is 108 Å². The van der Waals surface area contributed by atoms with Gasteiger partial charge in [0, 0.05) is 16.9 Å². The van der Waals surface area contributed by atoms with Crippen molar-refractivity contribution >= 4 is 27.8 Å². The summed E-state index contributed by atoms with van der Waals surface area (Å²) < 4.78 is 0. The predicted molar refractivity (Wildman–Crippen MR) is 252 cm³/mol. The van der Waals surface area contributed by atoms with Crippen LogP contribution < -0.4 is 4.90 Å². The molecule has 0 radical (unpaired) electrons. The molecule has 0 saturated carbocycles. The van der Waals surface area contributed by atoms with Crippen molar-refractivity contribution in [3.05, 3.63) is 271 Å². The van der Waals surface area contributed by atoms with E-state index in [1.807, 2.05) is 0 Å². The van der Waals surface area contributed by atoms with E-state index in [0.29, 0.717) is 0 Å². The number of rotatable bonds is 8. The number of hydrogen-bond donors (Lipinski definition) is 0. The molecule has 0 amide bonds. The van der Waals surface area contributed by atoms with E-state index in [2.05, 4.69) is 254 Å². The summed E-state index contributed by atoms with van der Waals surface area (Å²) in [6.45, 7) is 0. The van der Waals surface area contributed by atoms with E-state index in [9.17, 15) is 0 Å². The average molecular weight is 764 g/mol. The Morgan fingerprint density at radius 1 is 0.283 bits per heavy atom. The molecule has 10 aromatic rings. The Labute approximate surface area is 352 Å². The van der Waals surface area contributed by atoms with Gasteiger partial charge >= 0.3 is 0 Å². The Balaban J connectivity index is 1.08. The number of benzene rings is 10. The molecule has 11 rings (SSSR count). The molecule has 0 fully saturated rings. The van der Waals surface area contributed by atoms with Crippen LogP contribution in [0.4, 0.5) is 17.1 Å². The van der Waals surface area contributed by atoms with Crippen LogP contribution in [0.1, 0.15) is 22.3 Å². The highest BCUT2D eigenvalue weighted by Gasteiger charge is 2.47. The summed E-state index contributed by atoms with van der Waals surface area (Å²) >= 11 is 0. The van der Waals surface area contributed by atoms with Gasteiger partial charge < -0.3 is 4.90 Å². The molecule has 1 heteroatoms. The van der Waals surface area contributed by atoms with E-state index >= 15 is 0 Å². The summed E-state index contributed by atoms with van der Waals surface area (Å²) in [4.78, 5) is 2.45. The van der Waals surface area contributed by atoms with Crippen LogP contribution in [0.5, 0.6) is 0 Å². The Hall–Kier alpha value is -7.74. The molecule has 0 bridgehead atoms. The van der Waals surface area contributed by atoms with Gasteiger partial charge in [-0.2, -0.15) is 0 Å². The topological polar surface area (TPSA) is 3.24 Å². The summed E-state index contributed by atoms with van der Waals surface area (Å²) in [6, 6.07) is 91.0. The third kappa shape index (κ3) is 5.94. The Morgan fingerprint density at radius 2 is 0.717 bits per heavy atom. The lowest BCUT2D eigenvalue weighted by Crippen LogP contribution is -2.28. The second kappa shape index (κ2) is 14.9. The van der Waals surface area contributed by atoms with Crippen LogP contribution in [0.25, 0.3) is 55.3 Å². The van der Waals surface area contributed by atoms with Crippen molar-refractivity contribution in [2.75, 3.05) is 4.90 Å². The lowest BCUT2D eigenvalue weighted by Gasteiger charge is -2.34. The fourth-order valence-electron chi connectivity index (χ4n) is 9.55.